The van der Waals surface area contributed by atoms with Crippen molar-refractivity contribution in [3.63, 3.8) is 0 Å². The van der Waals surface area contributed by atoms with Crippen molar-refractivity contribution < 1.29 is 0 Å². The van der Waals surface area contributed by atoms with Crippen LogP contribution in [0.3, 0.4) is 0 Å². The number of benzene rings is 1. The summed E-state index contributed by atoms with van der Waals surface area (Å²) in [5, 5.41) is 2.01. The van der Waals surface area contributed by atoms with Crippen molar-refractivity contribution in [2.75, 3.05) is 0 Å². The molecule has 0 spiro atoms. The van der Waals surface area contributed by atoms with Crippen molar-refractivity contribution in [2.45, 2.75) is 12.3 Å². The molecule has 2 aromatic rings. The standard InChI is InChI=1S/C11H9Br2N/c1-7-2-3-8-5-9(6-12)11(13)14-10(8)4-7/h2-5H,6H2,1H3. The second-order valence-corrected chi connectivity index (χ2v) is 4.58. The van der Waals surface area contributed by atoms with E-state index in [4.69, 9.17) is 0 Å². The molecule has 0 amide bonds. The van der Waals surface area contributed by atoms with Crippen LogP contribution in [0.5, 0.6) is 0 Å². The third kappa shape index (κ3) is 1.84. The summed E-state index contributed by atoms with van der Waals surface area (Å²) in [5.41, 5.74) is 3.46. The predicted octanol–water partition coefficient (Wildman–Crippen LogP) is 4.20. The van der Waals surface area contributed by atoms with Crippen LogP contribution in [-0.2, 0) is 5.33 Å². The lowest BCUT2D eigenvalue weighted by Gasteiger charge is -2.03. The highest BCUT2D eigenvalue weighted by atomic mass is 79.9. The topological polar surface area (TPSA) is 12.9 Å². The summed E-state index contributed by atoms with van der Waals surface area (Å²) in [4.78, 5) is 4.49. The van der Waals surface area contributed by atoms with E-state index >= 15 is 0 Å². The van der Waals surface area contributed by atoms with E-state index in [0.717, 1.165) is 15.4 Å². The molecule has 0 saturated carbocycles. The van der Waals surface area contributed by atoms with Crippen LogP contribution in [0.1, 0.15) is 11.1 Å². The van der Waals surface area contributed by atoms with Gasteiger partial charge in [-0.1, -0.05) is 28.1 Å². The molecule has 3 heteroatoms. The number of alkyl halides is 1. The highest BCUT2D eigenvalue weighted by molar-refractivity contribution is 9.10. The molecule has 72 valence electrons. The van der Waals surface area contributed by atoms with Gasteiger partial charge in [-0.2, -0.15) is 0 Å². The van der Waals surface area contributed by atoms with E-state index in [9.17, 15) is 0 Å². The molecule has 1 aromatic heterocycles. The van der Waals surface area contributed by atoms with Crippen molar-refractivity contribution in [2.24, 2.45) is 0 Å². The number of rotatable bonds is 1. The maximum atomic E-state index is 4.49. The Morgan fingerprint density at radius 1 is 1.29 bits per heavy atom. The van der Waals surface area contributed by atoms with Crippen molar-refractivity contribution in [1.82, 2.24) is 4.98 Å². The Labute approximate surface area is 99.8 Å². The first-order valence-electron chi connectivity index (χ1n) is 4.32. The average molecular weight is 315 g/mol. The number of fused-ring (bicyclic) bond motifs is 1. The molecule has 0 aliphatic heterocycles. The first-order valence-corrected chi connectivity index (χ1v) is 6.24. The molecule has 1 heterocycles. The van der Waals surface area contributed by atoms with Crippen LogP contribution in [0.4, 0.5) is 0 Å². The normalized spacial score (nSPS) is 10.8. The lowest BCUT2D eigenvalue weighted by molar-refractivity contribution is 1.26. The molecule has 2 rings (SSSR count). The van der Waals surface area contributed by atoms with Gasteiger partial charge in [0.1, 0.15) is 4.60 Å². The molecule has 1 nitrogen and oxygen atoms in total. The lowest BCUT2D eigenvalue weighted by atomic mass is 10.1. The van der Waals surface area contributed by atoms with Gasteiger partial charge in [0, 0.05) is 10.7 Å². The molecule has 0 radical (unpaired) electrons. The smallest absolute Gasteiger partial charge is 0.110 e. The summed E-state index contributed by atoms with van der Waals surface area (Å²) in [7, 11) is 0. The molecule has 14 heavy (non-hydrogen) atoms. The van der Waals surface area contributed by atoms with Crippen LogP contribution >= 0.6 is 31.9 Å². The minimum Gasteiger partial charge on any atom is -0.241 e. The zero-order chi connectivity index (χ0) is 10.1. The largest absolute Gasteiger partial charge is 0.241 e. The van der Waals surface area contributed by atoms with Gasteiger partial charge < -0.3 is 0 Å². The van der Waals surface area contributed by atoms with Gasteiger partial charge in [-0.15, -0.1) is 0 Å². The summed E-state index contributed by atoms with van der Waals surface area (Å²) in [6.07, 6.45) is 0. The second kappa shape index (κ2) is 3.99. The fourth-order valence-corrected chi connectivity index (χ4v) is 2.64. The van der Waals surface area contributed by atoms with E-state index in [0.29, 0.717) is 0 Å². The fraction of sp³-hybridized carbons (Fsp3) is 0.182. The van der Waals surface area contributed by atoms with Gasteiger partial charge >= 0.3 is 0 Å². The molecule has 0 aliphatic carbocycles. The van der Waals surface area contributed by atoms with Crippen molar-refractivity contribution in [3.8, 4) is 0 Å². The fourth-order valence-electron chi connectivity index (χ4n) is 1.39. The number of hydrogen-bond acceptors (Lipinski definition) is 1. The number of nitrogens with zero attached hydrogens (tertiary/aromatic N) is 1. The Hall–Kier alpha value is -0.410. The van der Waals surface area contributed by atoms with Crippen LogP contribution in [0.15, 0.2) is 28.9 Å². The predicted molar refractivity (Wildman–Crippen MR) is 66.8 cm³/mol. The number of aromatic nitrogens is 1. The summed E-state index contributed by atoms with van der Waals surface area (Å²) >= 11 is 6.90. The van der Waals surface area contributed by atoms with Gasteiger partial charge in [-0.3, -0.25) is 0 Å². The highest BCUT2D eigenvalue weighted by Crippen LogP contribution is 2.23. The van der Waals surface area contributed by atoms with Gasteiger partial charge in [0.05, 0.1) is 5.52 Å². The van der Waals surface area contributed by atoms with Gasteiger partial charge in [0.25, 0.3) is 0 Å². The minimum atomic E-state index is 0.824. The van der Waals surface area contributed by atoms with Crippen molar-refractivity contribution in [1.29, 1.82) is 0 Å². The van der Waals surface area contributed by atoms with Gasteiger partial charge in [0.15, 0.2) is 0 Å². The first kappa shape index (κ1) is 10.1. The van der Waals surface area contributed by atoms with Crippen LogP contribution in [-0.4, -0.2) is 4.98 Å². The van der Waals surface area contributed by atoms with E-state index in [2.05, 4.69) is 68.0 Å². The van der Waals surface area contributed by atoms with E-state index < -0.39 is 0 Å². The van der Waals surface area contributed by atoms with Crippen molar-refractivity contribution >= 4 is 42.8 Å². The van der Waals surface area contributed by atoms with Crippen molar-refractivity contribution in [3.05, 3.63) is 40.0 Å². The Kier molecular flexibility index (Phi) is 2.88. The average Bonchev–Trinajstić information content (AvgIpc) is 2.16. The first-order chi connectivity index (χ1) is 6.70. The van der Waals surface area contributed by atoms with Gasteiger partial charge in [-0.25, -0.2) is 4.98 Å². The Morgan fingerprint density at radius 2 is 2.07 bits per heavy atom. The van der Waals surface area contributed by atoms with E-state index in [1.54, 1.807) is 0 Å². The molecule has 0 bridgehead atoms. The van der Waals surface area contributed by atoms with Crippen LogP contribution in [0, 0.1) is 6.92 Å². The Bertz CT molecular complexity index is 480. The van der Waals surface area contributed by atoms with Crippen LogP contribution in [0.25, 0.3) is 10.9 Å². The quantitative estimate of drug-likeness (QED) is 0.568. The molecule has 0 atom stereocenters. The number of halogens is 2. The Morgan fingerprint density at radius 3 is 2.79 bits per heavy atom. The third-order valence-electron chi connectivity index (χ3n) is 2.14. The number of aryl methyl sites for hydroxylation is 1. The monoisotopic (exact) mass is 313 g/mol. The highest BCUT2D eigenvalue weighted by Gasteiger charge is 2.02. The van der Waals surface area contributed by atoms with E-state index in [1.807, 2.05) is 0 Å². The van der Waals surface area contributed by atoms with Crippen LogP contribution in [0.2, 0.25) is 0 Å². The lowest BCUT2D eigenvalue weighted by Crippen LogP contribution is -1.87. The summed E-state index contributed by atoms with van der Waals surface area (Å²) in [6.45, 7) is 2.08. The maximum Gasteiger partial charge on any atom is 0.110 e. The molecule has 0 saturated heterocycles. The number of pyridine rings is 1. The molecule has 0 N–H and O–H groups in total. The van der Waals surface area contributed by atoms with E-state index in [-0.39, 0.29) is 0 Å². The van der Waals surface area contributed by atoms with E-state index in [1.165, 1.54) is 16.5 Å². The number of hydrogen-bond donors (Lipinski definition) is 0. The second-order valence-electron chi connectivity index (χ2n) is 3.27. The van der Waals surface area contributed by atoms with Gasteiger partial charge in [-0.05, 0) is 46.1 Å². The maximum absolute atomic E-state index is 4.49. The molecule has 0 aliphatic rings. The minimum absolute atomic E-state index is 0.824. The third-order valence-corrected chi connectivity index (χ3v) is 3.43. The summed E-state index contributed by atoms with van der Waals surface area (Å²) in [6, 6.07) is 8.46. The zero-order valence-electron chi connectivity index (χ0n) is 7.72. The molecular weight excluding hydrogens is 306 g/mol. The molecule has 0 unspecified atom stereocenters. The van der Waals surface area contributed by atoms with Gasteiger partial charge in [0.2, 0.25) is 0 Å². The zero-order valence-corrected chi connectivity index (χ0v) is 10.9. The Balaban J connectivity index is 2.73. The molecule has 1 aromatic carbocycles. The van der Waals surface area contributed by atoms with Crippen LogP contribution < -0.4 is 0 Å². The summed E-state index contributed by atoms with van der Waals surface area (Å²) in [5.74, 6) is 0. The summed E-state index contributed by atoms with van der Waals surface area (Å²) < 4.78 is 0.924. The SMILES string of the molecule is Cc1ccc2cc(CBr)c(Br)nc2c1. The molecule has 0 fully saturated rings. The molecular formula is C11H9Br2N.